The van der Waals surface area contributed by atoms with Crippen LogP contribution in [0.2, 0.25) is 0 Å². The first kappa shape index (κ1) is 14.7. The van der Waals surface area contributed by atoms with Crippen molar-refractivity contribution in [3.8, 4) is 11.3 Å². The molecule has 0 radical (unpaired) electrons. The van der Waals surface area contributed by atoms with E-state index in [1.165, 1.54) is 24.4 Å². The number of aromatic amines is 1. The van der Waals surface area contributed by atoms with Gasteiger partial charge in [-0.15, -0.1) is 0 Å². The van der Waals surface area contributed by atoms with E-state index in [0.29, 0.717) is 22.0 Å². The van der Waals surface area contributed by atoms with Crippen molar-refractivity contribution in [2.24, 2.45) is 0 Å². The van der Waals surface area contributed by atoms with E-state index < -0.39 is 17.6 Å². The van der Waals surface area contributed by atoms with Gasteiger partial charge in [0.05, 0.1) is 17.3 Å². The number of hydrogen-bond acceptors (Lipinski definition) is 1. The molecule has 0 saturated carbocycles. The van der Waals surface area contributed by atoms with Gasteiger partial charge in [0.15, 0.2) is 5.82 Å². The first-order chi connectivity index (χ1) is 11.4. The van der Waals surface area contributed by atoms with Crippen molar-refractivity contribution in [2.75, 3.05) is 0 Å². The highest BCUT2D eigenvalue weighted by molar-refractivity contribution is 6.08. The van der Waals surface area contributed by atoms with Crippen LogP contribution >= 0.6 is 0 Å². The molecule has 0 aliphatic heterocycles. The average Bonchev–Trinajstić information content (AvgIpc) is 2.97. The van der Waals surface area contributed by atoms with Gasteiger partial charge in [0.2, 0.25) is 0 Å². The van der Waals surface area contributed by atoms with Gasteiger partial charge in [-0.25, -0.2) is 4.39 Å². The van der Waals surface area contributed by atoms with Crippen molar-refractivity contribution in [1.29, 1.82) is 0 Å². The van der Waals surface area contributed by atoms with Crippen molar-refractivity contribution < 1.29 is 17.6 Å². The first-order valence-electron chi connectivity index (χ1n) is 7.17. The fourth-order valence-electron chi connectivity index (χ4n) is 2.95. The van der Waals surface area contributed by atoms with Gasteiger partial charge in [-0.2, -0.15) is 13.2 Å². The zero-order valence-corrected chi connectivity index (χ0v) is 12.2. The molecule has 0 atom stereocenters. The lowest BCUT2D eigenvalue weighted by Gasteiger charge is -2.11. The molecule has 0 bridgehead atoms. The highest BCUT2D eigenvalue weighted by Gasteiger charge is 2.33. The van der Waals surface area contributed by atoms with E-state index in [0.717, 1.165) is 12.3 Å². The number of rotatable bonds is 1. The Morgan fingerprint density at radius 1 is 0.958 bits per heavy atom. The lowest BCUT2D eigenvalue weighted by Crippen LogP contribution is -2.05. The molecule has 0 unspecified atom stereocenters. The molecule has 1 N–H and O–H groups in total. The van der Waals surface area contributed by atoms with Crippen LogP contribution in [0.3, 0.4) is 0 Å². The summed E-state index contributed by atoms with van der Waals surface area (Å²) in [6.07, 6.45) is -1.96. The Morgan fingerprint density at radius 2 is 1.71 bits per heavy atom. The summed E-state index contributed by atoms with van der Waals surface area (Å²) >= 11 is 0. The van der Waals surface area contributed by atoms with Crippen molar-refractivity contribution in [3.63, 3.8) is 0 Å². The second kappa shape index (κ2) is 5.06. The highest BCUT2D eigenvalue weighted by atomic mass is 19.4. The van der Waals surface area contributed by atoms with Crippen molar-refractivity contribution in [1.82, 2.24) is 9.97 Å². The molecule has 0 saturated heterocycles. The molecule has 0 aliphatic carbocycles. The minimum atomic E-state index is -4.47. The van der Waals surface area contributed by atoms with Gasteiger partial charge in [-0.1, -0.05) is 24.3 Å². The smallest absolute Gasteiger partial charge is 0.354 e. The molecular weight excluding hydrogens is 320 g/mol. The summed E-state index contributed by atoms with van der Waals surface area (Å²) in [5.74, 6) is -0.538. The first-order valence-corrected chi connectivity index (χ1v) is 7.17. The van der Waals surface area contributed by atoms with Gasteiger partial charge in [0, 0.05) is 28.2 Å². The van der Waals surface area contributed by atoms with Crippen LogP contribution in [-0.4, -0.2) is 9.97 Å². The lowest BCUT2D eigenvalue weighted by molar-refractivity contribution is -0.136. The third-order valence-electron chi connectivity index (χ3n) is 4.00. The molecule has 2 aromatic heterocycles. The van der Waals surface area contributed by atoms with Gasteiger partial charge in [-0.05, 0) is 23.6 Å². The Morgan fingerprint density at radius 3 is 2.42 bits per heavy atom. The van der Waals surface area contributed by atoms with Crippen LogP contribution in [-0.2, 0) is 6.18 Å². The minimum Gasteiger partial charge on any atom is -0.354 e. The van der Waals surface area contributed by atoms with E-state index in [9.17, 15) is 17.6 Å². The summed E-state index contributed by atoms with van der Waals surface area (Å²) in [7, 11) is 0. The van der Waals surface area contributed by atoms with E-state index in [1.807, 2.05) is 0 Å². The molecular formula is C18H10F4N2. The van der Waals surface area contributed by atoms with Crippen LogP contribution in [0.15, 0.2) is 54.9 Å². The maximum Gasteiger partial charge on any atom is 0.417 e. The normalized spacial score (nSPS) is 12.2. The molecule has 24 heavy (non-hydrogen) atoms. The topological polar surface area (TPSA) is 28.7 Å². The largest absolute Gasteiger partial charge is 0.417 e. The average molecular weight is 330 g/mol. The Balaban J connectivity index is 2.08. The van der Waals surface area contributed by atoms with Crippen LogP contribution < -0.4 is 0 Å². The van der Waals surface area contributed by atoms with Crippen LogP contribution in [0, 0.1) is 5.82 Å². The van der Waals surface area contributed by atoms with Crippen LogP contribution in [0.25, 0.3) is 32.9 Å². The molecule has 0 fully saturated rings. The van der Waals surface area contributed by atoms with E-state index in [2.05, 4.69) is 9.97 Å². The number of nitrogens with zero attached hydrogens (tertiary/aromatic N) is 1. The number of H-pyrrole nitrogens is 1. The molecule has 2 heterocycles. The Bertz CT molecular complexity index is 1060. The van der Waals surface area contributed by atoms with Gasteiger partial charge in [0.25, 0.3) is 0 Å². The molecule has 0 spiro atoms. The van der Waals surface area contributed by atoms with E-state index in [1.54, 1.807) is 18.2 Å². The molecule has 0 aliphatic rings. The summed E-state index contributed by atoms with van der Waals surface area (Å²) in [6, 6.07) is 10.4. The monoisotopic (exact) mass is 330 g/mol. The summed E-state index contributed by atoms with van der Waals surface area (Å²) in [5, 5.41) is 0.941. The highest BCUT2D eigenvalue weighted by Crippen LogP contribution is 2.39. The minimum absolute atomic E-state index is 0.112. The molecule has 2 aromatic carbocycles. The number of aromatic nitrogens is 2. The van der Waals surface area contributed by atoms with Gasteiger partial charge < -0.3 is 4.98 Å². The predicted octanol–water partition coefficient (Wildman–Crippen LogP) is 5.54. The van der Waals surface area contributed by atoms with Gasteiger partial charge in [-0.3, -0.25) is 4.98 Å². The van der Waals surface area contributed by atoms with Gasteiger partial charge in [0.1, 0.15) is 0 Å². The second-order valence-corrected chi connectivity index (χ2v) is 5.47. The quantitative estimate of drug-likeness (QED) is 0.456. The van der Waals surface area contributed by atoms with Crippen LogP contribution in [0.1, 0.15) is 5.56 Å². The number of benzene rings is 2. The van der Waals surface area contributed by atoms with Crippen molar-refractivity contribution in [3.05, 3.63) is 66.2 Å². The molecule has 4 rings (SSSR count). The summed E-state index contributed by atoms with van der Waals surface area (Å²) in [4.78, 5) is 6.72. The lowest BCUT2D eigenvalue weighted by atomic mass is 10.0. The summed E-state index contributed by atoms with van der Waals surface area (Å²) in [6.45, 7) is 0. The Hall–Kier alpha value is -2.89. The molecule has 2 nitrogen and oxygen atoms in total. The Kier molecular flexibility index (Phi) is 3.09. The second-order valence-electron chi connectivity index (χ2n) is 5.47. The standard InChI is InChI=1S/C18H10F4N2/c19-15-9-23-6-5-13(15)16-8-10-7-14(18(20,21)22)11-3-1-2-4-12(11)17(10)24-16/h1-9,24H. The van der Waals surface area contributed by atoms with Crippen LogP contribution in [0.4, 0.5) is 17.6 Å². The number of fused-ring (bicyclic) bond motifs is 3. The number of nitrogens with one attached hydrogen (secondary N) is 1. The van der Waals surface area contributed by atoms with Crippen LogP contribution in [0.5, 0.6) is 0 Å². The number of pyridine rings is 1. The van der Waals surface area contributed by atoms with E-state index >= 15 is 0 Å². The van der Waals surface area contributed by atoms with Crippen molar-refractivity contribution >= 4 is 21.7 Å². The molecule has 6 heteroatoms. The molecule has 120 valence electrons. The maximum absolute atomic E-state index is 13.9. The maximum atomic E-state index is 13.9. The fraction of sp³-hybridized carbons (Fsp3) is 0.0556. The molecule has 0 amide bonds. The number of hydrogen-bond donors (Lipinski definition) is 1. The Labute approximate surface area is 133 Å². The number of halogens is 4. The zero-order valence-electron chi connectivity index (χ0n) is 12.2. The SMILES string of the molecule is Fc1cnccc1-c1cc2cc(C(F)(F)F)c3ccccc3c2[nH]1. The number of alkyl halides is 3. The van der Waals surface area contributed by atoms with Gasteiger partial charge >= 0.3 is 6.18 Å². The van der Waals surface area contributed by atoms with E-state index in [4.69, 9.17) is 0 Å². The third-order valence-corrected chi connectivity index (χ3v) is 4.00. The zero-order chi connectivity index (χ0) is 16.9. The predicted molar refractivity (Wildman–Crippen MR) is 84.0 cm³/mol. The van der Waals surface area contributed by atoms with E-state index in [-0.39, 0.29) is 10.9 Å². The fourth-order valence-corrected chi connectivity index (χ4v) is 2.95. The molecule has 4 aromatic rings. The summed E-state index contributed by atoms with van der Waals surface area (Å²) in [5.41, 5.74) is 0.518. The summed E-state index contributed by atoms with van der Waals surface area (Å²) < 4.78 is 54.0. The third kappa shape index (κ3) is 2.22. The van der Waals surface area contributed by atoms with Crippen molar-refractivity contribution in [2.45, 2.75) is 6.18 Å².